The average Bonchev–Trinajstić information content (AvgIpc) is 3.58. The lowest BCUT2D eigenvalue weighted by Gasteiger charge is -2.34. The van der Waals surface area contributed by atoms with E-state index in [9.17, 15) is 0 Å². The van der Waals surface area contributed by atoms with Crippen LogP contribution in [0.4, 0.5) is 4.39 Å². The second-order valence-electron chi connectivity index (χ2n) is 10.2. The molecule has 190 valence electrons. The van der Waals surface area contributed by atoms with E-state index in [0.717, 1.165) is 51.4 Å². The van der Waals surface area contributed by atoms with Gasteiger partial charge in [0.1, 0.15) is 11.8 Å². The number of thioether (sulfide) groups is 2. The molecule has 33 heavy (non-hydrogen) atoms. The van der Waals surface area contributed by atoms with Gasteiger partial charge in [0.2, 0.25) is 0 Å². The van der Waals surface area contributed by atoms with E-state index in [1.54, 1.807) is 6.92 Å². The number of hydrogen-bond acceptors (Lipinski definition) is 6. The van der Waals surface area contributed by atoms with Crippen LogP contribution in [0.25, 0.3) is 0 Å². The van der Waals surface area contributed by atoms with E-state index in [1.807, 2.05) is 6.08 Å². The molecule has 1 saturated carbocycles. The first-order chi connectivity index (χ1) is 16.0. The molecular weight excluding hydrogens is 459 g/mol. The highest BCUT2D eigenvalue weighted by molar-refractivity contribution is 8.20. The number of alkyl halides is 1. The summed E-state index contributed by atoms with van der Waals surface area (Å²) in [4.78, 5) is 0. The van der Waals surface area contributed by atoms with Gasteiger partial charge in [0.05, 0.1) is 17.8 Å². The van der Waals surface area contributed by atoms with E-state index < -0.39 is 17.6 Å². The van der Waals surface area contributed by atoms with Crippen LogP contribution in [0, 0.1) is 11.8 Å². The second kappa shape index (κ2) is 12.4. The summed E-state index contributed by atoms with van der Waals surface area (Å²) in [7, 11) is 0. The third kappa shape index (κ3) is 6.91. The summed E-state index contributed by atoms with van der Waals surface area (Å²) in [5.74, 6) is 2.74. The van der Waals surface area contributed by atoms with E-state index in [0.29, 0.717) is 42.7 Å². The fraction of sp³-hybridized carbons (Fsp3) is 0.923. The molecule has 1 spiro atoms. The van der Waals surface area contributed by atoms with Gasteiger partial charge < -0.3 is 18.9 Å². The van der Waals surface area contributed by atoms with E-state index >= 15 is 4.39 Å². The monoisotopic (exact) mass is 502 g/mol. The van der Waals surface area contributed by atoms with Crippen molar-refractivity contribution in [1.82, 2.24) is 0 Å². The summed E-state index contributed by atoms with van der Waals surface area (Å²) in [6.07, 6.45) is 12.9. The molecule has 5 unspecified atom stereocenters. The van der Waals surface area contributed by atoms with Crippen LogP contribution in [-0.2, 0) is 18.9 Å². The molecule has 0 amide bonds. The minimum Gasteiger partial charge on any atom is -0.353 e. The topological polar surface area (TPSA) is 36.9 Å². The zero-order chi connectivity index (χ0) is 23.2. The predicted molar refractivity (Wildman–Crippen MR) is 135 cm³/mol. The molecule has 0 bridgehead atoms. The molecule has 3 saturated heterocycles. The maximum absolute atomic E-state index is 15.8. The Bertz CT molecular complexity index is 613. The van der Waals surface area contributed by atoms with Gasteiger partial charge in [0, 0.05) is 30.5 Å². The second-order valence-corrected chi connectivity index (χ2v) is 13.1. The van der Waals surface area contributed by atoms with Crippen molar-refractivity contribution >= 4 is 23.5 Å². The van der Waals surface area contributed by atoms with Crippen LogP contribution < -0.4 is 0 Å². The Balaban J connectivity index is 1.45. The van der Waals surface area contributed by atoms with Crippen molar-refractivity contribution in [3.8, 4) is 0 Å². The number of unbranched alkanes of at least 4 members (excludes halogenated alkanes) is 1. The molecule has 0 aromatic rings. The summed E-state index contributed by atoms with van der Waals surface area (Å²) in [6.45, 7) is 5.88. The lowest BCUT2D eigenvalue weighted by atomic mass is 9.86. The van der Waals surface area contributed by atoms with Crippen LogP contribution >= 0.6 is 23.5 Å². The first kappa shape index (κ1) is 26.3. The fourth-order valence-electron chi connectivity index (χ4n) is 5.74. The Labute approximate surface area is 208 Å². The Morgan fingerprint density at radius 3 is 2.61 bits per heavy atom. The molecule has 1 aliphatic carbocycles. The molecule has 3 aliphatic heterocycles. The molecular formula is C26H43FO4S2. The van der Waals surface area contributed by atoms with E-state index in [1.165, 1.54) is 17.9 Å². The van der Waals surface area contributed by atoms with E-state index in [4.69, 9.17) is 18.9 Å². The van der Waals surface area contributed by atoms with Crippen LogP contribution in [0.2, 0.25) is 0 Å². The van der Waals surface area contributed by atoms with Crippen LogP contribution in [0.5, 0.6) is 0 Å². The summed E-state index contributed by atoms with van der Waals surface area (Å²) < 4.78 is 41.0. The molecule has 0 aromatic carbocycles. The zero-order valence-corrected chi connectivity index (χ0v) is 22.1. The Morgan fingerprint density at radius 2 is 1.91 bits per heavy atom. The van der Waals surface area contributed by atoms with E-state index in [-0.39, 0.29) is 6.29 Å². The number of ether oxygens (including phenoxy) is 4. The molecule has 4 aliphatic rings. The van der Waals surface area contributed by atoms with Crippen LogP contribution in [0.15, 0.2) is 12.2 Å². The van der Waals surface area contributed by atoms with Gasteiger partial charge in [0.15, 0.2) is 12.1 Å². The van der Waals surface area contributed by atoms with Crippen molar-refractivity contribution in [2.45, 2.75) is 106 Å². The SMILES string of the molecule is CCCCC(C)(F)C(C=CC1CCC2(OCCO2)C1CCC1SCCS1)OC1CCCCO1. The quantitative estimate of drug-likeness (QED) is 0.292. The van der Waals surface area contributed by atoms with Crippen LogP contribution in [-0.4, -0.2) is 59.8 Å². The van der Waals surface area contributed by atoms with Gasteiger partial charge >= 0.3 is 0 Å². The Kier molecular flexibility index (Phi) is 9.91. The van der Waals surface area contributed by atoms with E-state index in [2.05, 4.69) is 36.5 Å². The van der Waals surface area contributed by atoms with Crippen molar-refractivity contribution in [3.63, 3.8) is 0 Å². The van der Waals surface area contributed by atoms with Gasteiger partial charge in [-0.15, -0.1) is 23.5 Å². The van der Waals surface area contributed by atoms with Crippen molar-refractivity contribution in [2.75, 3.05) is 31.3 Å². The maximum Gasteiger partial charge on any atom is 0.171 e. The summed E-state index contributed by atoms with van der Waals surface area (Å²) in [5, 5.41) is 0. The Hall–Kier alpha value is 0.210. The molecule has 4 nitrogen and oxygen atoms in total. The van der Waals surface area contributed by atoms with Gasteiger partial charge in [0.25, 0.3) is 0 Å². The molecule has 7 heteroatoms. The van der Waals surface area contributed by atoms with Crippen molar-refractivity contribution in [1.29, 1.82) is 0 Å². The van der Waals surface area contributed by atoms with Gasteiger partial charge in [-0.3, -0.25) is 0 Å². The molecule has 4 rings (SSSR count). The molecule has 4 fully saturated rings. The minimum atomic E-state index is -1.41. The number of rotatable bonds is 11. The minimum absolute atomic E-state index is 0.297. The maximum atomic E-state index is 15.8. The molecule has 0 N–H and O–H groups in total. The summed E-state index contributed by atoms with van der Waals surface area (Å²) in [5.41, 5.74) is -1.41. The molecule has 0 radical (unpaired) electrons. The predicted octanol–water partition coefficient (Wildman–Crippen LogP) is 6.73. The smallest absolute Gasteiger partial charge is 0.171 e. The summed E-state index contributed by atoms with van der Waals surface area (Å²) >= 11 is 4.17. The number of hydrogen-bond donors (Lipinski definition) is 0. The van der Waals surface area contributed by atoms with Crippen LogP contribution in [0.1, 0.15) is 78.1 Å². The van der Waals surface area contributed by atoms with Crippen molar-refractivity contribution in [3.05, 3.63) is 12.2 Å². The third-order valence-corrected chi connectivity index (χ3v) is 10.8. The average molecular weight is 503 g/mol. The highest BCUT2D eigenvalue weighted by Crippen LogP contribution is 2.50. The van der Waals surface area contributed by atoms with Crippen LogP contribution in [0.3, 0.4) is 0 Å². The lowest BCUT2D eigenvalue weighted by Crippen LogP contribution is -2.40. The molecule has 5 atom stereocenters. The fourth-order valence-corrected chi connectivity index (χ4v) is 8.60. The number of halogens is 1. The zero-order valence-electron chi connectivity index (χ0n) is 20.5. The van der Waals surface area contributed by atoms with Gasteiger partial charge in [-0.25, -0.2) is 4.39 Å². The van der Waals surface area contributed by atoms with Crippen molar-refractivity contribution in [2.24, 2.45) is 11.8 Å². The van der Waals surface area contributed by atoms with Crippen molar-refractivity contribution < 1.29 is 23.3 Å². The third-order valence-electron chi connectivity index (χ3n) is 7.67. The molecule has 0 aromatic heterocycles. The number of allylic oxidation sites excluding steroid dienone is 1. The lowest BCUT2D eigenvalue weighted by molar-refractivity contribution is -0.202. The van der Waals surface area contributed by atoms with Gasteiger partial charge in [-0.05, 0) is 57.8 Å². The van der Waals surface area contributed by atoms with Gasteiger partial charge in [-0.1, -0.05) is 31.9 Å². The first-order valence-electron chi connectivity index (χ1n) is 13.2. The Morgan fingerprint density at radius 1 is 1.12 bits per heavy atom. The van der Waals surface area contributed by atoms with Gasteiger partial charge in [-0.2, -0.15) is 0 Å². The largest absolute Gasteiger partial charge is 0.353 e. The highest BCUT2D eigenvalue weighted by Gasteiger charge is 2.52. The standard InChI is InChI=1S/C26H43FO4S2/c1-3-4-13-25(2,27)22(31-23-7-5-6-15-28-23)10-8-20-12-14-26(29-16-17-30-26)21(20)9-11-24-32-18-19-33-24/h8,10,20-24H,3-7,9,11-19H2,1-2H3. The first-order valence-corrected chi connectivity index (χ1v) is 15.3. The summed E-state index contributed by atoms with van der Waals surface area (Å²) in [6, 6.07) is 0. The normalized spacial score (nSPS) is 33.2. The molecule has 3 heterocycles. The highest BCUT2D eigenvalue weighted by atomic mass is 32.2.